The summed E-state index contributed by atoms with van der Waals surface area (Å²) in [6.07, 6.45) is 3.14. The highest BCUT2D eigenvalue weighted by Gasteiger charge is 2.19. The fourth-order valence-electron chi connectivity index (χ4n) is 1.15. The minimum atomic E-state index is 0.251. The van der Waals surface area contributed by atoms with Gasteiger partial charge >= 0.3 is 0 Å². The summed E-state index contributed by atoms with van der Waals surface area (Å²) in [4.78, 5) is 0. The van der Waals surface area contributed by atoms with E-state index in [1.165, 1.54) is 0 Å². The Balaban J connectivity index is 3.34. The molecule has 0 radical (unpaired) electrons. The second-order valence-corrected chi connectivity index (χ2v) is 4.08. The molecule has 0 saturated heterocycles. The summed E-state index contributed by atoms with van der Waals surface area (Å²) in [5.74, 6) is 0. The zero-order valence-electron chi connectivity index (χ0n) is 9.84. The molecule has 0 heterocycles. The molecule has 1 atom stereocenters. The van der Waals surface area contributed by atoms with E-state index in [1.54, 1.807) is 7.11 Å². The minimum absolute atomic E-state index is 0.251. The summed E-state index contributed by atoms with van der Waals surface area (Å²) in [5, 5.41) is 0. The fraction of sp³-hybridized carbons (Fsp3) is 1.00. The van der Waals surface area contributed by atoms with Crippen molar-refractivity contribution in [2.75, 3.05) is 33.5 Å². The third kappa shape index (κ3) is 6.35. The Morgan fingerprint density at radius 3 is 2.43 bits per heavy atom. The van der Waals surface area contributed by atoms with Gasteiger partial charge in [-0.25, -0.2) is 0 Å². The molecule has 0 spiro atoms. The first-order valence-electron chi connectivity index (χ1n) is 5.45. The highest BCUT2D eigenvalue weighted by molar-refractivity contribution is 4.72. The molecular weight excluding hydrogens is 178 g/mol. The predicted molar refractivity (Wildman–Crippen MR) is 59.4 cm³/mol. The van der Waals surface area contributed by atoms with Crippen molar-refractivity contribution in [3.05, 3.63) is 0 Å². The molecule has 0 aromatic heterocycles. The van der Waals surface area contributed by atoms with Gasteiger partial charge in [-0.05, 0) is 31.2 Å². The monoisotopic (exact) mass is 203 g/mol. The molecule has 1 unspecified atom stereocenters. The smallest absolute Gasteiger partial charge is 0.0487 e. The molecule has 0 aliphatic rings. The van der Waals surface area contributed by atoms with Crippen LogP contribution in [0.2, 0.25) is 0 Å². The van der Waals surface area contributed by atoms with Crippen molar-refractivity contribution in [3.63, 3.8) is 0 Å². The van der Waals surface area contributed by atoms with E-state index in [9.17, 15) is 0 Å². The van der Waals surface area contributed by atoms with Gasteiger partial charge in [0.05, 0.1) is 0 Å². The molecule has 0 amide bonds. The van der Waals surface area contributed by atoms with Gasteiger partial charge in [-0.2, -0.15) is 0 Å². The van der Waals surface area contributed by atoms with Gasteiger partial charge < -0.3 is 15.2 Å². The summed E-state index contributed by atoms with van der Waals surface area (Å²) < 4.78 is 10.4. The quantitative estimate of drug-likeness (QED) is 0.581. The molecule has 0 aromatic carbocycles. The Bertz CT molecular complexity index is 124. The fourth-order valence-corrected chi connectivity index (χ4v) is 1.15. The van der Waals surface area contributed by atoms with E-state index in [4.69, 9.17) is 15.2 Å². The molecule has 0 fully saturated rings. The Kier molecular flexibility index (Phi) is 8.14. The molecule has 0 aliphatic carbocycles. The zero-order chi connectivity index (χ0) is 10.9. The highest BCUT2D eigenvalue weighted by Crippen LogP contribution is 2.23. The topological polar surface area (TPSA) is 44.5 Å². The molecule has 2 N–H and O–H groups in total. The molecule has 0 aliphatic heterocycles. The van der Waals surface area contributed by atoms with Crippen LogP contribution < -0.4 is 5.73 Å². The Morgan fingerprint density at radius 1 is 1.21 bits per heavy atom. The summed E-state index contributed by atoms with van der Waals surface area (Å²) >= 11 is 0. The van der Waals surface area contributed by atoms with Crippen molar-refractivity contribution in [2.45, 2.75) is 33.1 Å². The van der Waals surface area contributed by atoms with E-state index in [0.29, 0.717) is 0 Å². The molecule has 3 nitrogen and oxygen atoms in total. The molecule has 86 valence electrons. The lowest BCUT2D eigenvalue weighted by molar-refractivity contribution is 0.0802. The van der Waals surface area contributed by atoms with Crippen molar-refractivity contribution >= 4 is 0 Å². The maximum Gasteiger partial charge on any atom is 0.0487 e. The van der Waals surface area contributed by atoms with Crippen molar-refractivity contribution in [1.82, 2.24) is 0 Å². The van der Waals surface area contributed by atoms with Gasteiger partial charge in [0, 0.05) is 26.9 Å². The first kappa shape index (κ1) is 13.9. The van der Waals surface area contributed by atoms with Gasteiger partial charge in [0.1, 0.15) is 0 Å². The van der Waals surface area contributed by atoms with Crippen LogP contribution in [-0.4, -0.2) is 33.5 Å². The van der Waals surface area contributed by atoms with Crippen LogP contribution in [0, 0.1) is 5.41 Å². The van der Waals surface area contributed by atoms with Crippen LogP contribution >= 0.6 is 0 Å². The standard InChI is InChI=1S/C11H25NO2/c1-4-11(2,10-12)6-9-14-8-5-7-13-3/h4-10,12H2,1-3H3. The van der Waals surface area contributed by atoms with Crippen molar-refractivity contribution < 1.29 is 9.47 Å². The van der Waals surface area contributed by atoms with E-state index < -0.39 is 0 Å². The van der Waals surface area contributed by atoms with Crippen LogP contribution in [0.5, 0.6) is 0 Å². The molecule has 0 saturated carbocycles. The average molecular weight is 203 g/mol. The number of hydrogen-bond acceptors (Lipinski definition) is 3. The first-order chi connectivity index (χ1) is 6.68. The largest absolute Gasteiger partial charge is 0.385 e. The molecule has 3 heteroatoms. The second kappa shape index (κ2) is 8.21. The maximum atomic E-state index is 5.70. The molecule has 0 aromatic rings. The number of nitrogens with two attached hydrogens (primary N) is 1. The van der Waals surface area contributed by atoms with Crippen LogP contribution in [0.15, 0.2) is 0 Å². The van der Waals surface area contributed by atoms with Crippen LogP contribution in [0.1, 0.15) is 33.1 Å². The van der Waals surface area contributed by atoms with Crippen molar-refractivity contribution in [1.29, 1.82) is 0 Å². The number of hydrogen-bond donors (Lipinski definition) is 1. The first-order valence-corrected chi connectivity index (χ1v) is 5.45. The van der Waals surface area contributed by atoms with Crippen LogP contribution in [0.3, 0.4) is 0 Å². The van der Waals surface area contributed by atoms with Crippen LogP contribution in [0.25, 0.3) is 0 Å². The molecular formula is C11H25NO2. The third-order valence-electron chi connectivity index (χ3n) is 2.83. The summed E-state index contributed by atoms with van der Waals surface area (Å²) in [6.45, 7) is 7.51. The van der Waals surface area contributed by atoms with E-state index in [2.05, 4.69) is 13.8 Å². The highest BCUT2D eigenvalue weighted by atomic mass is 16.5. The average Bonchev–Trinajstić information content (AvgIpc) is 2.23. The van der Waals surface area contributed by atoms with Crippen LogP contribution in [-0.2, 0) is 9.47 Å². The molecule has 0 rings (SSSR count). The lowest BCUT2D eigenvalue weighted by atomic mass is 9.84. The van der Waals surface area contributed by atoms with Crippen LogP contribution in [0.4, 0.5) is 0 Å². The number of ether oxygens (including phenoxy) is 2. The van der Waals surface area contributed by atoms with Gasteiger partial charge in [-0.3, -0.25) is 0 Å². The Labute approximate surface area is 88.0 Å². The van der Waals surface area contributed by atoms with Gasteiger partial charge in [0.25, 0.3) is 0 Å². The van der Waals surface area contributed by atoms with Gasteiger partial charge in [-0.15, -0.1) is 0 Å². The summed E-state index contributed by atoms with van der Waals surface area (Å²) in [6, 6.07) is 0. The van der Waals surface area contributed by atoms with E-state index in [0.717, 1.165) is 45.6 Å². The SMILES string of the molecule is CCC(C)(CN)CCOCCCOC. The molecule has 0 bridgehead atoms. The lowest BCUT2D eigenvalue weighted by Gasteiger charge is -2.25. The van der Waals surface area contributed by atoms with E-state index in [-0.39, 0.29) is 5.41 Å². The van der Waals surface area contributed by atoms with Gasteiger partial charge in [0.15, 0.2) is 0 Å². The summed E-state index contributed by atoms with van der Waals surface area (Å²) in [7, 11) is 1.71. The zero-order valence-corrected chi connectivity index (χ0v) is 9.84. The van der Waals surface area contributed by atoms with Crippen molar-refractivity contribution in [3.8, 4) is 0 Å². The number of rotatable bonds is 9. The van der Waals surface area contributed by atoms with Gasteiger partial charge in [-0.1, -0.05) is 13.8 Å². The minimum Gasteiger partial charge on any atom is -0.385 e. The van der Waals surface area contributed by atoms with Crippen molar-refractivity contribution in [2.24, 2.45) is 11.1 Å². The summed E-state index contributed by atoms with van der Waals surface area (Å²) in [5.41, 5.74) is 5.96. The normalized spacial score (nSPS) is 15.4. The Hall–Kier alpha value is -0.120. The van der Waals surface area contributed by atoms with E-state index >= 15 is 0 Å². The lowest BCUT2D eigenvalue weighted by Crippen LogP contribution is -2.28. The second-order valence-electron chi connectivity index (χ2n) is 4.08. The van der Waals surface area contributed by atoms with Gasteiger partial charge in [0.2, 0.25) is 0 Å². The maximum absolute atomic E-state index is 5.70. The van der Waals surface area contributed by atoms with E-state index in [1.807, 2.05) is 0 Å². The third-order valence-corrected chi connectivity index (χ3v) is 2.83. The molecule has 14 heavy (non-hydrogen) atoms. The number of methoxy groups -OCH3 is 1. The Morgan fingerprint density at radius 2 is 1.93 bits per heavy atom. The predicted octanol–water partition coefficient (Wildman–Crippen LogP) is 1.80.